The summed E-state index contributed by atoms with van der Waals surface area (Å²) >= 11 is 3.60. The van der Waals surface area contributed by atoms with Gasteiger partial charge in [-0.1, -0.05) is 40.2 Å². The van der Waals surface area contributed by atoms with Gasteiger partial charge in [-0.05, 0) is 42.8 Å². The highest BCUT2D eigenvalue weighted by atomic mass is 79.9. The van der Waals surface area contributed by atoms with Crippen LogP contribution < -0.4 is 10.1 Å². The lowest BCUT2D eigenvalue weighted by Crippen LogP contribution is -2.19. The summed E-state index contributed by atoms with van der Waals surface area (Å²) in [5, 5.41) is 3.21. The van der Waals surface area contributed by atoms with Crippen LogP contribution in [0.4, 0.5) is 4.39 Å². The summed E-state index contributed by atoms with van der Waals surface area (Å²) in [6, 6.07) is 13.3. The Morgan fingerprint density at radius 1 is 1.24 bits per heavy atom. The average Bonchev–Trinajstić information content (AvgIpc) is 2.47. The summed E-state index contributed by atoms with van der Waals surface area (Å²) in [6.07, 6.45) is 0.768. The van der Waals surface area contributed by atoms with Crippen LogP contribution in [-0.2, 0) is 6.42 Å². The van der Waals surface area contributed by atoms with Crippen molar-refractivity contribution < 1.29 is 9.13 Å². The van der Waals surface area contributed by atoms with E-state index in [1.807, 2.05) is 31.3 Å². The third-order valence-corrected chi connectivity index (χ3v) is 4.22. The minimum Gasteiger partial charge on any atom is -0.494 e. The summed E-state index contributed by atoms with van der Waals surface area (Å²) < 4.78 is 19.9. The highest BCUT2D eigenvalue weighted by Gasteiger charge is 2.15. The molecule has 0 spiro atoms. The van der Waals surface area contributed by atoms with Gasteiger partial charge in [-0.3, -0.25) is 0 Å². The minimum atomic E-state index is -0.315. The van der Waals surface area contributed by atoms with Crippen LogP contribution in [0.2, 0.25) is 0 Å². The molecule has 1 N–H and O–H groups in total. The van der Waals surface area contributed by atoms with Crippen molar-refractivity contribution in [3.63, 3.8) is 0 Å². The van der Waals surface area contributed by atoms with Crippen LogP contribution in [0.1, 0.15) is 17.0 Å². The molecule has 0 aliphatic heterocycles. The molecule has 4 heteroatoms. The Bertz CT molecular complexity index is 603. The Balaban J connectivity index is 2.24. The fraction of sp³-hybridized carbons (Fsp3) is 0.294. The Morgan fingerprint density at radius 3 is 2.62 bits per heavy atom. The van der Waals surface area contributed by atoms with Gasteiger partial charge in [-0.25, -0.2) is 4.39 Å². The maximum absolute atomic E-state index is 13.8. The Morgan fingerprint density at radius 2 is 2.00 bits per heavy atom. The minimum absolute atomic E-state index is 0.276. The Kier molecular flexibility index (Phi) is 5.76. The zero-order valence-corrected chi connectivity index (χ0v) is 13.8. The van der Waals surface area contributed by atoms with Crippen LogP contribution in [0.15, 0.2) is 46.9 Å². The molecule has 112 valence electrons. The van der Waals surface area contributed by atoms with E-state index in [0.29, 0.717) is 0 Å². The maximum atomic E-state index is 13.8. The van der Waals surface area contributed by atoms with E-state index < -0.39 is 0 Å². The smallest absolute Gasteiger partial charge is 0.165 e. The van der Waals surface area contributed by atoms with Gasteiger partial charge in [0.05, 0.1) is 7.11 Å². The molecule has 2 aromatic carbocycles. The summed E-state index contributed by atoms with van der Waals surface area (Å²) in [6.45, 7) is 0.830. The van der Waals surface area contributed by atoms with Crippen molar-refractivity contribution in [2.75, 3.05) is 20.7 Å². The first-order chi connectivity index (χ1) is 10.2. The van der Waals surface area contributed by atoms with Crippen LogP contribution in [-0.4, -0.2) is 20.7 Å². The van der Waals surface area contributed by atoms with Crippen LogP contribution in [0, 0.1) is 5.82 Å². The van der Waals surface area contributed by atoms with E-state index in [2.05, 4.69) is 27.3 Å². The van der Waals surface area contributed by atoms with Crippen molar-refractivity contribution in [1.82, 2.24) is 5.32 Å². The van der Waals surface area contributed by atoms with E-state index in [4.69, 9.17) is 4.74 Å². The summed E-state index contributed by atoms with van der Waals surface area (Å²) in [4.78, 5) is 0. The van der Waals surface area contributed by atoms with E-state index in [0.717, 1.165) is 23.0 Å². The third kappa shape index (κ3) is 4.05. The van der Waals surface area contributed by atoms with E-state index in [-0.39, 0.29) is 17.5 Å². The van der Waals surface area contributed by atoms with Crippen LogP contribution in [0.3, 0.4) is 0 Å². The van der Waals surface area contributed by atoms with Gasteiger partial charge in [0.25, 0.3) is 0 Å². The molecular weight excluding hydrogens is 333 g/mol. The van der Waals surface area contributed by atoms with E-state index in [1.165, 1.54) is 12.7 Å². The van der Waals surface area contributed by atoms with Crippen molar-refractivity contribution in [3.05, 3.63) is 63.9 Å². The average molecular weight is 352 g/mol. The van der Waals surface area contributed by atoms with Crippen molar-refractivity contribution >= 4 is 15.9 Å². The number of rotatable bonds is 6. The zero-order chi connectivity index (χ0) is 15.2. The molecule has 21 heavy (non-hydrogen) atoms. The van der Waals surface area contributed by atoms with E-state index in [9.17, 15) is 4.39 Å². The lowest BCUT2D eigenvalue weighted by Gasteiger charge is -2.19. The first-order valence-corrected chi connectivity index (χ1v) is 7.66. The van der Waals surface area contributed by atoms with Crippen LogP contribution in [0.5, 0.6) is 5.75 Å². The lowest BCUT2D eigenvalue weighted by molar-refractivity contribution is 0.386. The number of likely N-dealkylation sites (N-methyl/N-ethyl adjacent to an activating group) is 1. The highest BCUT2D eigenvalue weighted by molar-refractivity contribution is 9.10. The van der Waals surface area contributed by atoms with Gasteiger partial charge in [-0.2, -0.15) is 0 Å². The first kappa shape index (κ1) is 16.0. The molecule has 0 radical (unpaired) electrons. The van der Waals surface area contributed by atoms with Crippen LogP contribution in [0.25, 0.3) is 0 Å². The standard InChI is InChI=1S/C17H19BrFNO/c1-20-11-13(14-5-3-4-6-15(14)18)9-12-7-8-17(21-2)16(19)10-12/h3-8,10,13,20H,9,11H2,1-2H3. The molecule has 0 aromatic heterocycles. The molecule has 0 heterocycles. The molecule has 2 nitrogen and oxygen atoms in total. The lowest BCUT2D eigenvalue weighted by atomic mass is 9.92. The predicted octanol–water partition coefficient (Wildman–Crippen LogP) is 4.14. The van der Waals surface area contributed by atoms with Gasteiger partial charge in [-0.15, -0.1) is 0 Å². The van der Waals surface area contributed by atoms with Gasteiger partial charge < -0.3 is 10.1 Å². The van der Waals surface area contributed by atoms with Gasteiger partial charge in [0.2, 0.25) is 0 Å². The zero-order valence-electron chi connectivity index (χ0n) is 12.2. The topological polar surface area (TPSA) is 21.3 Å². The Hall–Kier alpha value is -1.39. The van der Waals surface area contributed by atoms with Crippen molar-refractivity contribution in [1.29, 1.82) is 0 Å². The number of halogens is 2. The monoisotopic (exact) mass is 351 g/mol. The Labute approximate surface area is 133 Å². The molecule has 0 aliphatic carbocycles. The molecule has 0 bridgehead atoms. The quantitative estimate of drug-likeness (QED) is 0.844. The van der Waals surface area contributed by atoms with E-state index >= 15 is 0 Å². The second-order valence-corrected chi connectivity index (χ2v) is 5.80. The molecule has 2 aromatic rings. The highest BCUT2D eigenvalue weighted by Crippen LogP contribution is 2.28. The maximum Gasteiger partial charge on any atom is 0.165 e. The third-order valence-electron chi connectivity index (χ3n) is 3.49. The van der Waals surface area contributed by atoms with Crippen molar-refractivity contribution in [2.24, 2.45) is 0 Å². The fourth-order valence-corrected chi connectivity index (χ4v) is 3.07. The molecule has 2 rings (SSSR count). The molecule has 1 unspecified atom stereocenters. The predicted molar refractivity (Wildman–Crippen MR) is 87.5 cm³/mol. The van der Waals surface area contributed by atoms with Gasteiger partial charge in [0.15, 0.2) is 11.6 Å². The molecule has 0 saturated heterocycles. The molecule has 0 aliphatic rings. The molecular formula is C17H19BrFNO. The first-order valence-electron chi connectivity index (χ1n) is 6.87. The van der Waals surface area contributed by atoms with Crippen LogP contribution >= 0.6 is 15.9 Å². The molecule has 0 fully saturated rings. The van der Waals surface area contributed by atoms with Gasteiger partial charge in [0.1, 0.15) is 0 Å². The number of ether oxygens (including phenoxy) is 1. The molecule has 0 saturated carbocycles. The van der Waals surface area contributed by atoms with Gasteiger partial charge >= 0.3 is 0 Å². The SMILES string of the molecule is CNCC(Cc1ccc(OC)c(F)c1)c1ccccc1Br. The molecule has 0 amide bonds. The number of nitrogens with one attached hydrogen (secondary N) is 1. The number of hydrogen-bond donors (Lipinski definition) is 1. The number of methoxy groups -OCH3 is 1. The largest absolute Gasteiger partial charge is 0.494 e. The second kappa shape index (κ2) is 7.57. The summed E-state index contributed by atoms with van der Waals surface area (Å²) in [5.74, 6) is 0.244. The summed E-state index contributed by atoms with van der Waals surface area (Å²) in [5.41, 5.74) is 2.19. The van der Waals surface area contributed by atoms with Gasteiger partial charge in [0, 0.05) is 16.9 Å². The molecule has 1 atom stereocenters. The van der Waals surface area contributed by atoms with Crippen molar-refractivity contribution in [3.8, 4) is 5.75 Å². The number of hydrogen-bond acceptors (Lipinski definition) is 2. The normalized spacial score (nSPS) is 12.2. The fourth-order valence-electron chi connectivity index (χ4n) is 2.47. The van der Waals surface area contributed by atoms with E-state index in [1.54, 1.807) is 12.1 Å². The second-order valence-electron chi connectivity index (χ2n) is 4.95. The number of benzene rings is 2. The van der Waals surface area contributed by atoms with Crippen molar-refractivity contribution in [2.45, 2.75) is 12.3 Å². The summed E-state index contributed by atoms with van der Waals surface area (Å²) in [7, 11) is 3.40.